The van der Waals surface area contributed by atoms with E-state index in [1.54, 1.807) is 0 Å². The molecule has 54 valence electrons. The number of hydrogen-bond acceptors (Lipinski definition) is 2. The summed E-state index contributed by atoms with van der Waals surface area (Å²) in [7, 11) is 0. The number of carboxylic acids is 1. The van der Waals surface area contributed by atoms with Gasteiger partial charge in [-0.1, -0.05) is 11.6 Å². The van der Waals surface area contributed by atoms with Gasteiger partial charge in [-0.05, 0) is 15.9 Å². The summed E-state index contributed by atoms with van der Waals surface area (Å²) < 4.78 is 0.279. The minimum Gasteiger partial charge on any atom is -0.476 e. The predicted octanol–water partition coefficient (Wildman–Crippen LogP) is 1.52. The lowest BCUT2D eigenvalue weighted by Crippen LogP contribution is -1.96. The van der Waals surface area contributed by atoms with Gasteiger partial charge in [0.25, 0.3) is 0 Å². The second-order valence-electron chi connectivity index (χ2n) is 1.51. The highest BCUT2D eigenvalue weighted by atomic mass is 79.9. The number of nitrogens with zero attached hydrogens (tertiary/aromatic N) is 1. The van der Waals surface area contributed by atoms with E-state index in [1.807, 2.05) is 0 Å². The van der Waals surface area contributed by atoms with Crippen molar-refractivity contribution in [1.29, 1.82) is 0 Å². The predicted molar refractivity (Wildman–Crippen MR) is 38.3 cm³/mol. The van der Waals surface area contributed by atoms with Crippen LogP contribution in [0.1, 0.15) is 10.5 Å². The van der Waals surface area contributed by atoms with Crippen molar-refractivity contribution in [3.63, 3.8) is 0 Å². The Morgan fingerprint density at radius 2 is 2.40 bits per heavy atom. The van der Waals surface area contributed by atoms with Crippen molar-refractivity contribution in [1.82, 2.24) is 10.2 Å². The molecule has 0 aliphatic rings. The van der Waals surface area contributed by atoms with Crippen molar-refractivity contribution in [2.24, 2.45) is 0 Å². The van der Waals surface area contributed by atoms with Crippen molar-refractivity contribution >= 4 is 33.5 Å². The average Bonchev–Trinajstić information content (AvgIpc) is 2.14. The number of aromatic carboxylic acids is 1. The number of aromatic nitrogens is 2. The molecule has 0 amide bonds. The number of carbonyl (C=O) groups is 1. The van der Waals surface area contributed by atoms with Crippen LogP contribution in [0.25, 0.3) is 0 Å². The number of hydrogen-bond donors (Lipinski definition) is 2. The summed E-state index contributed by atoms with van der Waals surface area (Å²) in [4.78, 5) is 10.3. The van der Waals surface area contributed by atoms with Gasteiger partial charge in [0.05, 0.1) is 4.47 Å². The van der Waals surface area contributed by atoms with Gasteiger partial charge in [-0.15, -0.1) is 0 Å². The first-order chi connectivity index (χ1) is 4.63. The Balaban J connectivity index is 3.17. The smallest absolute Gasteiger partial charge is 0.357 e. The van der Waals surface area contributed by atoms with Gasteiger partial charge in [0.15, 0.2) is 5.69 Å². The molecule has 0 aliphatic heterocycles. The van der Waals surface area contributed by atoms with Crippen LogP contribution in [0.5, 0.6) is 0 Å². The SMILES string of the molecule is O=C(O)c1n[nH]c(Cl)c1Br. The van der Waals surface area contributed by atoms with Crippen LogP contribution in [0.2, 0.25) is 5.15 Å². The molecule has 0 aromatic carbocycles. The Morgan fingerprint density at radius 3 is 2.60 bits per heavy atom. The van der Waals surface area contributed by atoms with Gasteiger partial charge in [0, 0.05) is 0 Å². The monoisotopic (exact) mass is 224 g/mol. The fourth-order valence-electron chi connectivity index (χ4n) is 0.449. The molecule has 0 bridgehead atoms. The molecule has 0 radical (unpaired) electrons. The zero-order valence-corrected chi connectivity index (χ0v) is 6.90. The quantitative estimate of drug-likeness (QED) is 0.761. The van der Waals surface area contributed by atoms with E-state index >= 15 is 0 Å². The summed E-state index contributed by atoms with van der Waals surface area (Å²) in [6, 6.07) is 0. The van der Waals surface area contributed by atoms with E-state index in [9.17, 15) is 4.79 Å². The zero-order chi connectivity index (χ0) is 7.72. The summed E-state index contributed by atoms with van der Waals surface area (Å²) in [6.45, 7) is 0. The zero-order valence-electron chi connectivity index (χ0n) is 4.56. The molecule has 2 N–H and O–H groups in total. The lowest BCUT2D eigenvalue weighted by Gasteiger charge is -1.83. The highest BCUT2D eigenvalue weighted by molar-refractivity contribution is 9.10. The number of carboxylic acid groups (broad SMARTS) is 1. The minimum atomic E-state index is -1.12. The van der Waals surface area contributed by atoms with Crippen molar-refractivity contribution in [2.45, 2.75) is 0 Å². The highest BCUT2D eigenvalue weighted by Crippen LogP contribution is 2.22. The maximum Gasteiger partial charge on any atom is 0.357 e. The Labute approximate surface area is 69.3 Å². The molecule has 0 spiro atoms. The van der Waals surface area contributed by atoms with Gasteiger partial charge in [0.2, 0.25) is 0 Å². The summed E-state index contributed by atoms with van der Waals surface area (Å²) in [5.41, 5.74) is -0.106. The molecule has 1 rings (SSSR count). The lowest BCUT2D eigenvalue weighted by molar-refractivity contribution is 0.0689. The van der Waals surface area contributed by atoms with E-state index in [0.717, 1.165) is 0 Å². The van der Waals surface area contributed by atoms with Crippen molar-refractivity contribution < 1.29 is 9.90 Å². The van der Waals surface area contributed by atoms with Crippen LogP contribution < -0.4 is 0 Å². The molecule has 0 saturated carbocycles. The van der Waals surface area contributed by atoms with Gasteiger partial charge < -0.3 is 5.11 Å². The first kappa shape index (κ1) is 7.56. The fraction of sp³-hybridized carbons (Fsp3) is 0. The molecule has 0 saturated heterocycles. The third-order valence-corrected chi connectivity index (χ3v) is 2.14. The Hall–Kier alpha value is -0.550. The number of aromatic amines is 1. The molecule has 6 heteroatoms. The molecular formula is C4H2BrClN2O2. The number of nitrogens with one attached hydrogen (secondary N) is 1. The van der Waals surface area contributed by atoms with E-state index in [4.69, 9.17) is 16.7 Å². The molecule has 0 atom stereocenters. The summed E-state index contributed by atoms with van der Waals surface area (Å²) in [5, 5.41) is 14.3. The Bertz CT molecular complexity index is 272. The molecule has 1 heterocycles. The van der Waals surface area contributed by atoms with Gasteiger partial charge >= 0.3 is 5.97 Å². The van der Waals surface area contributed by atoms with E-state index in [0.29, 0.717) is 0 Å². The van der Waals surface area contributed by atoms with Gasteiger partial charge in [0.1, 0.15) is 5.15 Å². The molecule has 4 nitrogen and oxygen atoms in total. The van der Waals surface area contributed by atoms with Gasteiger partial charge in [-0.2, -0.15) is 5.10 Å². The van der Waals surface area contributed by atoms with Crippen LogP contribution in [0, 0.1) is 0 Å². The second-order valence-corrected chi connectivity index (χ2v) is 2.68. The van der Waals surface area contributed by atoms with E-state index < -0.39 is 5.97 Å². The normalized spacial score (nSPS) is 9.80. The van der Waals surface area contributed by atoms with Crippen molar-refractivity contribution in [2.75, 3.05) is 0 Å². The summed E-state index contributed by atoms with van der Waals surface area (Å²) >= 11 is 8.39. The lowest BCUT2D eigenvalue weighted by atomic mass is 10.4. The molecular weight excluding hydrogens is 223 g/mol. The third-order valence-electron chi connectivity index (χ3n) is 0.869. The first-order valence-electron chi connectivity index (χ1n) is 2.25. The molecule has 0 unspecified atom stereocenters. The van der Waals surface area contributed by atoms with Gasteiger partial charge in [-0.25, -0.2) is 4.79 Å². The minimum absolute atomic E-state index is 0.106. The first-order valence-corrected chi connectivity index (χ1v) is 3.42. The molecule has 10 heavy (non-hydrogen) atoms. The van der Waals surface area contributed by atoms with Crippen LogP contribution in [0.15, 0.2) is 4.47 Å². The van der Waals surface area contributed by atoms with E-state index in [2.05, 4.69) is 26.1 Å². The second kappa shape index (κ2) is 2.59. The third kappa shape index (κ3) is 1.15. The van der Waals surface area contributed by atoms with Crippen LogP contribution in [-0.2, 0) is 0 Å². The molecule has 0 aliphatic carbocycles. The van der Waals surface area contributed by atoms with Crippen LogP contribution >= 0.6 is 27.5 Å². The van der Waals surface area contributed by atoms with Crippen molar-refractivity contribution in [3.05, 3.63) is 15.3 Å². The maximum absolute atomic E-state index is 10.3. The van der Waals surface area contributed by atoms with Gasteiger partial charge in [-0.3, -0.25) is 5.10 Å². The van der Waals surface area contributed by atoms with E-state index in [-0.39, 0.29) is 15.3 Å². The topological polar surface area (TPSA) is 66.0 Å². The maximum atomic E-state index is 10.3. The standard InChI is InChI=1S/C4H2BrClN2O2/c5-1-2(4(9)10)7-8-3(1)6/h(H,7,8)(H,9,10). The molecule has 0 fully saturated rings. The molecule has 1 aromatic rings. The van der Waals surface area contributed by atoms with Crippen LogP contribution in [-0.4, -0.2) is 21.3 Å². The largest absolute Gasteiger partial charge is 0.476 e. The Kier molecular flexibility index (Phi) is 1.96. The number of halogens is 2. The van der Waals surface area contributed by atoms with Crippen LogP contribution in [0.4, 0.5) is 0 Å². The number of rotatable bonds is 1. The van der Waals surface area contributed by atoms with Crippen molar-refractivity contribution in [3.8, 4) is 0 Å². The van der Waals surface area contributed by atoms with E-state index in [1.165, 1.54) is 0 Å². The average molecular weight is 225 g/mol. The number of H-pyrrole nitrogens is 1. The fourth-order valence-corrected chi connectivity index (χ4v) is 0.927. The summed E-state index contributed by atoms with van der Waals surface area (Å²) in [5.74, 6) is -1.12. The molecule has 1 aromatic heterocycles. The highest BCUT2D eigenvalue weighted by Gasteiger charge is 2.14. The van der Waals surface area contributed by atoms with Crippen LogP contribution in [0.3, 0.4) is 0 Å². The summed E-state index contributed by atoms with van der Waals surface area (Å²) in [6.07, 6.45) is 0. The Morgan fingerprint density at radius 1 is 1.80 bits per heavy atom.